The van der Waals surface area contributed by atoms with Gasteiger partial charge in [-0.2, -0.15) is 0 Å². The van der Waals surface area contributed by atoms with Gasteiger partial charge in [-0.15, -0.1) is 0 Å². The largest absolute Gasteiger partial charge is 0.317 e. The minimum atomic E-state index is 0.661. The summed E-state index contributed by atoms with van der Waals surface area (Å²) in [6.45, 7) is 7.21. The van der Waals surface area contributed by atoms with Crippen LogP contribution in [-0.2, 0) is 0 Å². The molecular formula is C11H24N2. The van der Waals surface area contributed by atoms with E-state index in [0.717, 1.165) is 6.04 Å². The Morgan fingerprint density at radius 3 is 2.85 bits per heavy atom. The molecule has 1 saturated heterocycles. The Morgan fingerprint density at radius 2 is 2.23 bits per heavy atom. The van der Waals surface area contributed by atoms with Crippen molar-refractivity contribution >= 4 is 0 Å². The fourth-order valence-electron chi connectivity index (χ4n) is 1.99. The van der Waals surface area contributed by atoms with Crippen LogP contribution in [0.2, 0.25) is 0 Å². The van der Waals surface area contributed by atoms with Crippen molar-refractivity contribution in [2.75, 3.05) is 20.1 Å². The highest BCUT2D eigenvalue weighted by atomic mass is 15.2. The van der Waals surface area contributed by atoms with Gasteiger partial charge in [0.05, 0.1) is 0 Å². The highest BCUT2D eigenvalue weighted by Gasteiger charge is 2.17. The van der Waals surface area contributed by atoms with Crippen LogP contribution in [0.1, 0.15) is 39.5 Å². The number of rotatable bonds is 4. The molecule has 1 rings (SSSR count). The van der Waals surface area contributed by atoms with Gasteiger partial charge in [0.1, 0.15) is 0 Å². The van der Waals surface area contributed by atoms with Crippen LogP contribution in [0, 0.1) is 0 Å². The van der Waals surface area contributed by atoms with Crippen molar-refractivity contribution < 1.29 is 0 Å². The van der Waals surface area contributed by atoms with Gasteiger partial charge in [-0.1, -0.05) is 6.42 Å². The van der Waals surface area contributed by atoms with Gasteiger partial charge in [0.15, 0.2) is 0 Å². The van der Waals surface area contributed by atoms with Gasteiger partial charge >= 0.3 is 0 Å². The van der Waals surface area contributed by atoms with E-state index in [2.05, 4.69) is 24.1 Å². The molecule has 0 bridgehead atoms. The number of nitrogens with zero attached hydrogens (tertiary/aromatic N) is 1. The van der Waals surface area contributed by atoms with Crippen LogP contribution in [-0.4, -0.2) is 37.1 Å². The molecule has 1 heterocycles. The second-order valence-corrected chi connectivity index (χ2v) is 4.36. The standard InChI is InChI=1S/C11H24N2/c1-10(12-3)7-9-13-8-5-4-6-11(13)2/h10-12H,4-9H2,1-3H3/t10?,11-/m0/s1. The quantitative estimate of drug-likeness (QED) is 0.717. The first-order chi connectivity index (χ1) is 6.24. The molecule has 1 aliphatic heterocycles. The summed E-state index contributed by atoms with van der Waals surface area (Å²) in [6.07, 6.45) is 5.51. The van der Waals surface area contributed by atoms with Crippen LogP contribution >= 0.6 is 0 Å². The van der Waals surface area contributed by atoms with Gasteiger partial charge in [-0.3, -0.25) is 0 Å². The van der Waals surface area contributed by atoms with E-state index in [1.54, 1.807) is 0 Å². The SMILES string of the molecule is CNC(C)CCN1CCCC[C@@H]1C. The van der Waals surface area contributed by atoms with Gasteiger partial charge in [0, 0.05) is 12.1 Å². The summed E-state index contributed by atoms with van der Waals surface area (Å²) in [5.41, 5.74) is 0. The Labute approximate surface area is 82.7 Å². The van der Waals surface area contributed by atoms with Crippen molar-refractivity contribution in [3.8, 4) is 0 Å². The number of hydrogen-bond acceptors (Lipinski definition) is 2. The van der Waals surface area contributed by atoms with E-state index < -0.39 is 0 Å². The van der Waals surface area contributed by atoms with Gasteiger partial charge in [0.2, 0.25) is 0 Å². The van der Waals surface area contributed by atoms with Crippen molar-refractivity contribution in [2.45, 2.75) is 51.6 Å². The van der Waals surface area contributed by atoms with E-state index in [0.29, 0.717) is 6.04 Å². The van der Waals surface area contributed by atoms with Crippen molar-refractivity contribution in [3.05, 3.63) is 0 Å². The zero-order valence-electron chi connectivity index (χ0n) is 9.34. The van der Waals surface area contributed by atoms with E-state index in [9.17, 15) is 0 Å². The molecule has 1 aliphatic rings. The molecule has 0 aliphatic carbocycles. The highest BCUT2D eigenvalue weighted by Crippen LogP contribution is 2.16. The third-order valence-electron chi connectivity index (χ3n) is 3.28. The normalized spacial score (nSPS) is 27.5. The van der Waals surface area contributed by atoms with Crippen LogP contribution in [0.5, 0.6) is 0 Å². The van der Waals surface area contributed by atoms with Crippen molar-refractivity contribution in [1.82, 2.24) is 10.2 Å². The van der Waals surface area contributed by atoms with E-state index >= 15 is 0 Å². The lowest BCUT2D eigenvalue weighted by Crippen LogP contribution is -2.40. The first-order valence-corrected chi connectivity index (χ1v) is 5.65. The van der Waals surface area contributed by atoms with Gasteiger partial charge in [-0.05, 0) is 53.2 Å². The molecule has 2 heteroatoms. The van der Waals surface area contributed by atoms with Crippen LogP contribution in [0.25, 0.3) is 0 Å². The molecule has 0 spiro atoms. The van der Waals surface area contributed by atoms with Crippen LogP contribution < -0.4 is 5.32 Å². The lowest BCUT2D eigenvalue weighted by molar-refractivity contribution is 0.155. The van der Waals surface area contributed by atoms with E-state index in [-0.39, 0.29) is 0 Å². The molecule has 0 aromatic rings. The van der Waals surface area contributed by atoms with Gasteiger partial charge < -0.3 is 10.2 Å². The molecule has 0 saturated carbocycles. The predicted molar refractivity (Wildman–Crippen MR) is 58.0 cm³/mol. The summed E-state index contributed by atoms with van der Waals surface area (Å²) in [4.78, 5) is 2.64. The lowest BCUT2D eigenvalue weighted by Gasteiger charge is -2.33. The summed E-state index contributed by atoms with van der Waals surface area (Å²) >= 11 is 0. The molecule has 1 unspecified atom stereocenters. The smallest absolute Gasteiger partial charge is 0.00669 e. The minimum absolute atomic E-state index is 0.661. The number of likely N-dealkylation sites (tertiary alicyclic amines) is 1. The maximum absolute atomic E-state index is 3.29. The maximum atomic E-state index is 3.29. The molecule has 13 heavy (non-hydrogen) atoms. The number of nitrogens with one attached hydrogen (secondary N) is 1. The fraction of sp³-hybridized carbons (Fsp3) is 1.00. The molecule has 0 aromatic carbocycles. The second kappa shape index (κ2) is 5.61. The number of hydrogen-bond donors (Lipinski definition) is 1. The van der Waals surface area contributed by atoms with E-state index in [1.807, 2.05) is 7.05 Å². The second-order valence-electron chi connectivity index (χ2n) is 4.36. The fourth-order valence-corrected chi connectivity index (χ4v) is 1.99. The third kappa shape index (κ3) is 3.65. The summed E-state index contributed by atoms with van der Waals surface area (Å²) in [6, 6.07) is 1.48. The Hall–Kier alpha value is -0.0800. The van der Waals surface area contributed by atoms with Crippen molar-refractivity contribution in [3.63, 3.8) is 0 Å². The van der Waals surface area contributed by atoms with Gasteiger partial charge in [-0.25, -0.2) is 0 Å². The Balaban J connectivity index is 2.18. The molecule has 0 radical (unpaired) electrons. The highest BCUT2D eigenvalue weighted by molar-refractivity contribution is 4.74. The first-order valence-electron chi connectivity index (χ1n) is 5.65. The summed E-state index contributed by atoms with van der Waals surface area (Å²) in [7, 11) is 2.05. The Kier molecular flexibility index (Phi) is 4.74. The van der Waals surface area contributed by atoms with Crippen molar-refractivity contribution in [1.29, 1.82) is 0 Å². The summed E-state index contributed by atoms with van der Waals surface area (Å²) < 4.78 is 0. The zero-order valence-corrected chi connectivity index (χ0v) is 9.34. The summed E-state index contributed by atoms with van der Waals surface area (Å²) in [5.74, 6) is 0. The van der Waals surface area contributed by atoms with Gasteiger partial charge in [0.25, 0.3) is 0 Å². The molecule has 1 N–H and O–H groups in total. The zero-order chi connectivity index (χ0) is 9.68. The molecule has 2 nitrogen and oxygen atoms in total. The Morgan fingerprint density at radius 1 is 1.46 bits per heavy atom. The lowest BCUT2D eigenvalue weighted by atomic mass is 10.0. The predicted octanol–water partition coefficient (Wildman–Crippen LogP) is 1.86. The first kappa shape index (κ1) is 11.0. The molecule has 0 aromatic heterocycles. The topological polar surface area (TPSA) is 15.3 Å². The molecule has 1 fully saturated rings. The molecule has 0 amide bonds. The average Bonchev–Trinajstić information content (AvgIpc) is 2.16. The molecule has 78 valence electrons. The monoisotopic (exact) mass is 184 g/mol. The van der Waals surface area contributed by atoms with E-state index in [1.165, 1.54) is 38.8 Å². The Bertz CT molecular complexity index is 136. The van der Waals surface area contributed by atoms with Crippen LogP contribution in [0.15, 0.2) is 0 Å². The average molecular weight is 184 g/mol. The number of piperidine rings is 1. The van der Waals surface area contributed by atoms with Crippen LogP contribution in [0.4, 0.5) is 0 Å². The van der Waals surface area contributed by atoms with Crippen LogP contribution in [0.3, 0.4) is 0 Å². The molecular weight excluding hydrogens is 160 g/mol. The summed E-state index contributed by atoms with van der Waals surface area (Å²) in [5, 5.41) is 3.29. The maximum Gasteiger partial charge on any atom is 0.00669 e. The van der Waals surface area contributed by atoms with Crippen molar-refractivity contribution in [2.24, 2.45) is 0 Å². The third-order valence-corrected chi connectivity index (χ3v) is 3.28. The minimum Gasteiger partial charge on any atom is -0.317 e. The van der Waals surface area contributed by atoms with E-state index in [4.69, 9.17) is 0 Å². The molecule has 2 atom stereocenters.